The van der Waals surface area contributed by atoms with Gasteiger partial charge in [0, 0.05) is 45.0 Å². The average Bonchev–Trinajstić information content (AvgIpc) is 3.24. The first kappa shape index (κ1) is 27.8. The number of benzene rings is 2. The minimum absolute atomic E-state index is 0.372. The summed E-state index contributed by atoms with van der Waals surface area (Å²) in [6.45, 7) is 5.39. The third-order valence-electron chi connectivity index (χ3n) is 6.21. The van der Waals surface area contributed by atoms with Crippen molar-refractivity contribution in [2.75, 3.05) is 62.9 Å². The van der Waals surface area contributed by atoms with E-state index in [1.807, 2.05) is 60.0 Å². The molecule has 0 radical (unpaired) electrons. The predicted octanol–water partition coefficient (Wildman–Crippen LogP) is 1.94. The van der Waals surface area contributed by atoms with Crippen LogP contribution in [0.3, 0.4) is 0 Å². The highest BCUT2D eigenvalue weighted by molar-refractivity contribution is 7.92. The number of amides is 2. The number of fused-ring (bicyclic) bond motifs is 1. The van der Waals surface area contributed by atoms with E-state index in [0.717, 1.165) is 15.9 Å². The number of aromatic nitrogens is 1. The molecule has 1 fully saturated rings. The third-order valence-corrected chi connectivity index (χ3v) is 8.63. The summed E-state index contributed by atoms with van der Waals surface area (Å²) in [6.07, 6.45) is 0. The van der Waals surface area contributed by atoms with E-state index in [-0.39, 0.29) is 0 Å². The van der Waals surface area contributed by atoms with E-state index < -0.39 is 33.2 Å². The lowest BCUT2D eigenvalue weighted by Gasteiger charge is -2.36. The molecule has 1 saturated heterocycles. The number of carbonyl (C=O) groups is 2. The molecular weight excluding hydrogens is 528 g/mol. The number of thiazole rings is 1. The van der Waals surface area contributed by atoms with Crippen molar-refractivity contribution in [1.82, 2.24) is 9.47 Å². The quantitative estimate of drug-likeness (QED) is 0.349. The molecule has 1 aromatic heterocycles. The van der Waals surface area contributed by atoms with Gasteiger partial charge in [0.15, 0.2) is 14.6 Å². The van der Waals surface area contributed by atoms with E-state index in [9.17, 15) is 18.0 Å². The highest BCUT2D eigenvalue weighted by atomic mass is 32.2. The van der Waals surface area contributed by atoms with Crippen LogP contribution in [0.2, 0.25) is 0 Å². The lowest BCUT2D eigenvalue weighted by Crippen LogP contribution is -2.50. The monoisotopic (exact) mass is 560 g/mol. The molecule has 1 aliphatic rings. The smallest absolute Gasteiger partial charge is 0.263 e. The Kier molecular flexibility index (Phi) is 9.18. The Hall–Kier alpha value is -3.22. The second kappa shape index (κ2) is 12.5. The lowest BCUT2D eigenvalue weighted by molar-refractivity contribution is -0.128. The molecule has 10 nitrogen and oxygen atoms in total. The maximum absolute atomic E-state index is 12.7. The van der Waals surface area contributed by atoms with Crippen molar-refractivity contribution < 1.29 is 27.5 Å². The van der Waals surface area contributed by atoms with Crippen LogP contribution in [0.5, 0.6) is 5.75 Å². The Balaban J connectivity index is 1.42. The number of piperazine rings is 1. The first-order valence-electron chi connectivity index (χ1n) is 12.4. The molecule has 0 atom stereocenters. The van der Waals surface area contributed by atoms with Gasteiger partial charge in [-0.25, -0.2) is 8.42 Å². The number of sulfone groups is 1. The zero-order chi connectivity index (χ0) is 27.1. The first-order chi connectivity index (χ1) is 18.3. The number of nitrogens with zero attached hydrogens (tertiary/aromatic N) is 4. The largest absolute Gasteiger partial charge is 0.497 e. The summed E-state index contributed by atoms with van der Waals surface area (Å²) in [7, 11) is -2.42. The van der Waals surface area contributed by atoms with Crippen LogP contribution in [0.15, 0.2) is 53.5 Å². The molecule has 3 aromatic rings. The number of ether oxygens (including phenoxy) is 2. The summed E-state index contributed by atoms with van der Waals surface area (Å²) >= 11 is 1.27. The summed E-state index contributed by atoms with van der Waals surface area (Å²) in [5, 5.41) is 0. The van der Waals surface area contributed by atoms with Crippen molar-refractivity contribution in [3.8, 4) is 5.75 Å². The molecule has 0 aliphatic carbocycles. The van der Waals surface area contributed by atoms with Crippen molar-refractivity contribution in [1.29, 1.82) is 0 Å². The van der Waals surface area contributed by atoms with Gasteiger partial charge in [0.2, 0.25) is 5.91 Å². The number of para-hydroxylation sites is 1. The van der Waals surface area contributed by atoms with Gasteiger partial charge in [0.05, 0.1) is 23.9 Å². The highest BCUT2D eigenvalue weighted by Crippen LogP contribution is 2.23. The maximum atomic E-state index is 12.7. The van der Waals surface area contributed by atoms with Gasteiger partial charge in [-0.3, -0.25) is 9.59 Å². The maximum Gasteiger partial charge on any atom is 0.263 e. The Morgan fingerprint density at radius 1 is 1.03 bits per heavy atom. The highest BCUT2D eigenvalue weighted by Gasteiger charge is 2.27. The van der Waals surface area contributed by atoms with E-state index in [1.165, 1.54) is 11.3 Å². The molecule has 2 aromatic carbocycles. The minimum Gasteiger partial charge on any atom is -0.497 e. The van der Waals surface area contributed by atoms with Gasteiger partial charge >= 0.3 is 0 Å². The Morgan fingerprint density at radius 3 is 2.45 bits per heavy atom. The molecule has 12 heteroatoms. The van der Waals surface area contributed by atoms with Gasteiger partial charge in [0.1, 0.15) is 17.3 Å². The second-order valence-corrected chi connectivity index (χ2v) is 11.9. The van der Waals surface area contributed by atoms with E-state index in [4.69, 9.17) is 9.47 Å². The van der Waals surface area contributed by atoms with Crippen molar-refractivity contribution in [3.05, 3.63) is 53.3 Å². The molecule has 1 aliphatic heterocycles. The van der Waals surface area contributed by atoms with Crippen molar-refractivity contribution in [2.45, 2.75) is 13.5 Å². The molecular formula is C26H32N4O6S2. The zero-order valence-corrected chi connectivity index (χ0v) is 23.2. The van der Waals surface area contributed by atoms with Gasteiger partial charge in [-0.15, -0.1) is 0 Å². The molecule has 2 heterocycles. The third kappa shape index (κ3) is 7.00. The van der Waals surface area contributed by atoms with Crippen molar-refractivity contribution in [2.24, 2.45) is 4.99 Å². The fraction of sp³-hybridized carbons (Fsp3) is 0.423. The van der Waals surface area contributed by atoms with Crippen LogP contribution in [0.1, 0.15) is 6.92 Å². The van der Waals surface area contributed by atoms with E-state index in [2.05, 4.69) is 9.89 Å². The number of rotatable bonds is 10. The molecule has 0 spiro atoms. The van der Waals surface area contributed by atoms with E-state index >= 15 is 0 Å². The van der Waals surface area contributed by atoms with Crippen LogP contribution in [-0.2, 0) is 30.7 Å². The standard InChI is InChI=1S/C26H32N4O6S2/c1-3-36-16-15-30-22-10-9-21(35-2)17-23(22)37-26(30)27-24(31)18-38(33,34)19-25(32)29-13-11-28(12-14-29)20-7-5-4-6-8-20/h4-10,17H,3,11-16,18-19H2,1-2H3. The predicted molar refractivity (Wildman–Crippen MR) is 147 cm³/mol. The summed E-state index contributed by atoms with van der Waals surface area (Å²) in [4.78, 5) is 33.6. The van der Waals surface area contributed by atoms with Gasteiger partial charge in [-0.05, 0) is 37.3 Å². The lowest BCUT2D eigenvalue weighted by atomic mass is 10.2. The van der Waals surface area contributed by atoms with Crippen LogP contribution in [-0.4, -0.2) is 87.7 Å². The topological polar surface area (TPSA) is 111 Å². The fourth-order valence-electron chi connectivity index (χ4n) is 4.29. The summed E-state index contributed by atoms with van der Waals surface area (Å²) in [6, 6.07) is 15.4. The SMILES string of the molecule is CCOCCn1c(=NC(=O)CS(=O)(=O)CC(=O)N2CCN(c3ccccc3)CC2)sc2cc(OC)ccc21. The number of hydrogen-bond donors (Lipinski definition) is 0. The van der Waals surface area contributed by atoms with Gasteiger partial charge in [-0.1, -0.05) is 29.5 Å². The number of anilines is 1. The Morgan fingerprint density at radius 2 is 1.76 bits per heavy atom. The van der Waals surface area contributed by atoms with Gasteiger partial charge in [-0.2, -0.15) is 4.99 Å². The molecule has 204 valence electrons. The molecule has 38 heavy (non-hydrogen) atoms. The summed E-state index contributed by atoms with van der Waals surface area (Å²) in [5.41, 5.74) is 1.91. The molecule has 0 N–H and O–H groups in total. The fourth-order valence-corrected chi connectivity index (χ4v) is 6.50. The van der Waals surface area contributed by atoms with Crippen LogP contribution in [0.25, 0.3) is 10.2 Å². The molecule has 0 bridgehead atoms. The minimum atomic E-state index is -3.99. The number of hydrogen-bond acceptors (Lipinski definition) is 8. The second-order valence-electron chi connectivity index (χ2n) is 8.81. The van der Waals surface area contributed by atoms with Crippen molar-refractivity contribution in [3.63, 3.8) is 0 Å². The summed E-state index contributed by atoms with van der Waals surface area (Å²) in [5.74, 6) is -2.18. The van der Waals surface area contributed by atoms with E-state index in [1.54, 1.807) is 12.0 Å². The Labute approximate surface area is 226 Å². The molecule has 0 saturated carbocycles. The van der Waals surface area contributed by atoms with Crippen LogP contribution >= 0.6 is 11.3 Å². The zero-order valence-electron chi connectivity index (χ0n) is 21.5. The van der Waals surface area contributed by atoms with Crippen LogP contribution < -0.4 is 14.4 Å². The van der Waals surface area contributed by atoms with Crippen molar-refractivity contribution >= 4 is 48.9 Å². The summed E-state index contributed by atoms with van der Waals surface area (Å²) < 4.78 is 38.9. The first-order valence-corrected chi connectivity index (χ1v) is 15.0. The number of carbonyl (C=O) groups excluding carboxylic acids is 2. The van der Waals surface area contributed by atoms with Gasteiger partial charge in [0.25, 0.3) is 5.91 Å². The normalized spacial score (nSPS) is 14.7. The molecule has 4 rings (SSSR count). The van der Waals surface area contributed by atoms with Crippen LogP contribution in [0, 0.1) is 0 Å². The van der Waals surface area contributed by atoms with E-state index in [0.29, 0.717) is 56.5 Å². The van der Waals surface area contributed by atoms with Gasteiger partial charge < -0.3 is 23.8 Å². The molecule has 2 amide bonds. The van der Waals surface area contributed by atoms with Crippen LogP contribution in [0.4, 0.5) is 5.69 Å². The molecule has 0 unspecified atom stereocenters. The Bertz CT molecular complexity index is 1440. The number of methoxy groups -OCH3 is 1. The average molecular weight is 561 g/mol.